The molecule has 3 heterocycles. The predicted molar refractivity (Wildman–Crippen MR) is 202 cm³/mol. The Hall–Kier alpha value is -3.42. The summed E-state index contributed by atoms with van der Waals surface area (Å²) in [6.45, 7) is 6.41. The molecule has 16 nitrogen and oxygen atoms in total. The lowest BCUT2D eigenvalue weighted by Crippen LogP contribution is -2.67. The van der Waals surface area contributed by atoms with Crippen LogP contribution in [0.2, 0.25) is 0 Å². The molecule has 2 fully saturated rings. The molecule has 16 heteroatoms. The first-order chi connectivity index (χ1) is 27.2. The molecule has 0 aliphatic carbocycles. The summed E-state index contributed by atoms with van der Waals surface area (Å²) in [7, 11) is 0. The molecule has 0 bridgehead atoms. The van der Waals surface area contributed by atoms with Crippen LogP contribution in [0.15, 0.2) is 48.6 Å². The number of allylic oxidation sites excluding steroid dienone is 4. The summed E-state index contributed by atoms with van der Waals surface area (Å²) in [5.41, 5.74) is 0.136. The van der Waals surface area contributed by atoms with Crippen molar-refractivity contribution in [1.29, 1.82) is 0 Å². The average molecular weight is 809 g/mol. The van der Waals surface area contributed by atoms with Gasteiger partial charge in [0.1, 0.15) is 54.7 Å². The number of phenols is 2. The summed E-state index contributed by atoms with van der Waals surface area (Å²) in [5.74, 6) is -4.07. The number of fused-ring (bicyclic) bond motifs is 2. The summed E-state index contributed by atoms with van der Waals surface area (Å²) in [6, 6.07) is 2.28. The molecule has 1 aromatic rings. The molecule has 320 valence electrons. The standard InChI is InChI=1S/C41H60O16/c1-5-13-31(46)52-22-30-34(48)35(49)36(50)40(54-30)56-37-29(20-42)57-41(33-25(21-53-41)18-26(43)19-28(33)45)39(51)38(37)55-32(47)17-12-8-11-16-27(44)24(4)15-10-7-9-14-23(3)6-2/h8-9,11-12,14,17-19,23-24,27,29-30,34-40,42-45,48-51H,5-7,10,13,15-16,20-22H2,1-4H3/b11-8+,14-9+,17-12+/t23?,24?,27?,29-,30-,34+,35+,36-,37-,38+,39-,40+,41?/m1/s1. The minimum Gasteiger partial charge on any atom is -0.508 e. The highest BCUT2D eigenvalue weighted by Crippen LogP contribution is 2.51. The van der Waals surface area contributed by atoms with Crippen molar-refractivity contribution in [1.82, 2.24) is 0 Å². The van der Waals surface area contributed by atoms with Gasteiger partial charge in [-0.3, -0.25) is 4.79 Å². The fourth-order valence-corrected chi connectivity index (χ4v) is 7.00. The van der Waals surface area contributed by atoms with Gasteiger partial charge < -0.3 is 69.3 Å². The number of rotatable bonds is 19. The van der Waals surface area contributed by atoms with E-state index in [1.807, 2.05) is 6.92 Å². The van der Waals surface area contributed by atoms with E-state index in [4.69, 9.17) is 28.4 Å². The van der Waals surface area contributed by atoms with Gasteiger partial charge >= 0.3 is 11.9 Å². The lowest BCUT2D eigenvalue weighted by molar-refractivity contribution is -0.395. The van der Waals surface area contributed by atoms with E-state index in [2.05, 4.69) is 26.0 Å². The topological polar surface area (TPSA) is 251 Å². The quantitative estimate of drug-likeness (QED) is 0.0328. The van der Waals surface area contributed by atoms with Crippen LogP contribution >= 0.6 is 0 Å². The number of hydrogen-bond acceptors (Lipinski definition) is 16. The maximum Gasteiger partial charge on any atom is 0.331 e. The molecule has 13 atom stereocenters. The van der Waals surface area contributed by atoms with Crippen LogP contribution in [-0.4, -0.2) is 127 Å². The van der Waals surface area contributed by atoms with Gasteiger partial charge in [0.25, 0.3) is 0 Å². The summed E-state index contributed by atoms with van der Waals surface area (Å²) in [6.07, 6.45) is -1.46. The molecule has 57 heavy (non-hydrogen) atoms. The van der Waals surface area contributed by atoms with E-state index in [1.165, 1.54) is 12.1 Å². The number of esters is 2. The van der Waals surface area contributed by atoms with Crippen molar-refractivity contribution < 1.29 is 78.9 Å². The lowest BCUT2D eigenvalue weighted by Gasteiger charge is -2.50. The van der Waals surface area contributed by atoms with E-state index in [9.17, 15) is 50.4 Å². The number of hydrogen-bond donors (Lipinski definition) is 8. The molecule has 0 aromatic heterocycles. The minimum absolute atomic E-state index is 0.0491. The van der Waals surface area contributed by atoms with Gasteiger partial charge in [0.05, 0.1) is 24.9 Å². The van der Waals surface area contributed by atoms with Crippen molar-refractivity contribution in [2.24, 2.45) is 11.8 Å². The zero-order valence-electron chi connectivity index (χ0n) is 33.0. The van der Waals surface area contributed by atoms with Gasteiger partial charge in [-0.2, -0.15) is 0 Å². The molecule has 0 saturated carbocycles. The number of unbranched alkanes of at least 4 members (excludes halogenated alkanes) is 1. The lowest BCUT2D eigenvalue weighted by atomic mass is 9.86. The van der Waals surface area contributed by atoms with Crippen LogP contribution < -0.4 is 0 Å². The Morgan fingerprint density at radius 2 is 1.75 bits per heavy atom. The van der Waals surface area contributed by atoms with Crippen molar-refractivity contribution in [3.8, 4) is 11.5 Å². The first-order valence-corrected chi connectivity index (χ1v) is 19.7. The van der Waals surface area contributed by atoms with Crippen LogP contribution in [0, 0.1) is 11.8 Å². The average Bonchev–Trinajstić information content (AvgIpc) is 3.55. The van der Waals surface area contributed by atoms with Crippen molar-refractivity contribution in [2.75, 3.05) is 13.2 Å². The van der Waals surface area contributed by atoms with Gasteiger partial charge in [-0.25, -0.2) is 4.79 Å². The minimum atomic E-state index is -2.25. The van der Waals surface area contributed by atoms with Crippen LogP contribution in [-0.2, 0) is 50.4 Å². The van der Waals surface area contributed by atoms with E-state index < -0.39 is 97.9 Å². The highest BCUT2D eigenvalue weighted by Gasteiger charge is 2.63. The molecule has 3 aliphatic heterocycles. The Bertz CT molecular complexity index is 1550. The Morgan fingerprint density at radius 1 is 1.00 bits per heavy atom. The number of benzene rings is 1. The molecule has 0 amide bonds. The number of aromatic hydroxyl groups is 2. The molecule has 3 aliphatic rings. The first-order valence-electron chi connectivity index (χ1n) is 19.7. The Kier molecular flexibility index (Phi) is 17.5. The van der Waals surface area contributed by atoms with Crippen LogP contribution in [0.25, 0.3) is 0 Å². The molecule has 2 saturated heterocycles. The Labute approximate surface area is 332 Å². The third-order valence-corrected chi connectivity index (χ3v) is 10.6. The van der Waals surface area contributed by atoms with E-state index in [0.717, 1.165) is 37.8 Å². The molecule has 4 rings (SSSR count). The summed E-state index contributed by atoms with van der Waals surface area (Å²) in [5, 5.41) is 86.1. The molecular weight excluding hydrogens is 748 g/mol. The highest BCUT2D eigenvalue weighted by molar-refractivity contribution is 5.82. The fourth-order valence-electron chi connectivity index (χ4n) is 7.00. The van der Waals surface area contributed by atoms with E-state index in [0.29, 0.717) is 18.8 Å². The largest absolute Gasteiger partial charge is 0.508 e. The van der Waals surface area contributed by atoms with Crippen molar-refractivity contribution in [3.63, 3.8) is 0 Å². The number of aliphatic hydroxyl groups is 6. The number of aliphatic hydroxyl groups excluding tert-OH is 6. The van der Waals surface area contributed by atoms with E-state index in [1.54, 1.807) is 19.1 Å². The number of phenolic OH excluding ortho intramolecular Hbond substituents is 2. The van der Waals surface area contributed by atoms with Gasteiger partial charge in [0, 0.05) is 18.6 Å². The molecule has 4 unspecified atom stereocenters. The zero-order chi connectivity index (χ0) is 41.9. The molecule has 1 aromatic carbocycles. The predicted octanol–water partition coefficient (Wildman–Crippen LogP) is 2.25. The maximum atomic E-state index is 13.3. The second kappa shape index (κ2) is 21.5. The zero-order valence-corrected chi connectivity index (χ0v) is 33.0. The Balaban J connectivity index is 1.51. The SMILES string of the molecule is CCCC(=O)OC[C@H]1O[C@@H](O[C@H]2[C@H](OC(=O)/C=C/C=C/CC(O)C(C)CCC/C=C/C(C)CC)[C@@H](O)C3(OCc4cc(O)cc(O)c43)O[C@@H]2CO)[C@H](O)[C@@H](O)[C@H]1O. The second-order valence-corrected chi connectivity index (χ2v) is 15.0. The maximum absolute atomic E-state index is 13.3. The van der Waals surface area contributed by atoms with E-state index >= 15 is 0 Å². The monoisotopic (exact) mass is 808 g/mol. The highest BCUT2D eigenvalue weighted by atomic mass is 16.8. The van der Waals surface area contributed by atoms with Gasteiger partial charge in [-0.15, -0.1) is 0 Å². The number of ether oxygens (including phenoxy) is 6. The van der Waals surface area contributed by atoms with Gasteiger partial charge in [-0.05, 0) is 55.6 Å². The smallest absolute Gasteiger partial charge is 0.331 e. The third-order valence-electron chi connectivity index (χ3n) is 10.6. The molecule has 0 radical (unpaired) electrons. The van der Waals surface area contributed by atoms with Crippen LogP contribution in [0.4, 0.5) is 0 Å². The molecule has 8 N–H and O–H groups in total. The summed E-state index contributed by atoms with van der Waals surface area (Å²) < 4.78 is 34.5. The van der Waals surface area contributed by atoms with Crippen molar-refractivity contribution in [3.05, 3.63) is 59.7 Å². The molecule has 1 spiro atoms. The fraction of sp³-hybridized carbons (Fsp3) is 0.659. The van der Waals surface area contributed by atoms with Crippen LogP contribution in [0.3, 0.4) is 0 Å². The number of carbonyl (C=O) groups excluding carboxylic acids is 2. The summed E-state index contributed by atoms with van der Waals surface area (Å²) >= 11 is 0. The number of carbonyl (C=O) groups is 2. The first kappa shape index (κ1) is 46.3. The Morgan fingerprint density at radius 3 is 2.46 bits per heavy atom. The third kappa shape index (κ3) is 11.6. The van der Waals surface area contributed by atoms with Gasteiger partial charge in [0.2, 0.25) is 5.79 Å². The van der Waals surface area contributed by atoms with Crippen molar-refractivity contribution in [2.45, 2.75) is 146 Å². The van der Waals surface area contributed by atoms with Crippen LogP contribution in [0.1, 0.15) is 83.8 Å². The second-order valence-electron chi connectivity index (χ2n) is 15.0. The van der Waals surface area contributed by atoms with Crippen molar-refractivity contribution >= 4 is 11.9 Å². The van der Waals surface area contributed by atoms with Gasteiger partial charge in [-0.1, -0.05) is 64.5 Å². The summed E-state index contributed by atoms with van der Waals surface area (Å²) in [4.78, 5) is 25.3. The van der Waals surface area contributed by atoms with Gasteiger partial charge in [0.15, 0.2) is 18.5 Å². The van der Waals surface area contributed by atoms with Crippen LogP contribution in [0.5, 0.6) is 11.5 Å². The normalized spacial score (nSPS) is 31.9. The molecular formula is C41H60O16. The van der Waals surface area contributed by atoms with E-state index in [-0.39, 0.29) is 35.8 Å².